The maximum Gasteiger partial charge on any atom is 0.270 e. The summed E-state index contributed by atoms with van der Waals surface area (Å²) < 4.78 is 31.7. The Morgan fingerprint density at radius 1 is 1.21 bits per heavy atom. The molecule has 2 aromatic carbocycles. The molecule has 1 amide bonds. The van der Waals surface area contributed by atoms with Gasteiger partial charge in [0.25, 0.3) is 11.6 Å². The molecule has 2 N–H and O–H groups in total. The van der Waals surface area contributed by atoms with Crippen LogP contribution in [-0.2, 0) is 14.8 Å². The fraction of sp³-hybridized carbons (Fsp3) is 0.235. The van der Waals surface area contributed by atoms with E-state index in [-0.39, 0.29) is 27.7 Å². The molecule has 150 valence electrons. The number of amides is 1. The van der Waals surface area contributed by atoms with Crippen molar-refractivity contribution in [3.63, 3.8) is 0 Å². The highest BCUT2D eigenvalue weighted by Gasteiger charge is 2.17. The highest BCUT2D eigenvalue weighted by atomic mass is 35.5. The van der Waals surface area contributed by atoms with Gasteiger partial charge in [-0.15, -0.1) is 0 Å². The molecule has 0 bridgehead atoms. The second kappa shape index (κ2) is 9.60. The Morgan fingerprint density at radius 2 is 1.89 bits per heavy atom. The van der Waals surface area contributed by atoms with Gasteiger partial charge in [0.2, 0.25) is 10.0 Å². The van der Waals surface area contributed by atoms with Gasteiger partial charge in [0.05, 0.1) is 20.4 Å². The van der Waals surface area contributed by atoms with E-state index in [9.17, 15) is 23.3 Å². The number of anilines is 1. The number of nitro groups is 1. The third-order valence-electron chi connectivity index (χ3n) is 3.65. The van der Waals surface area contributed by atoms with Crippen molar-refractivity contribution in [2.45, 2.75) is 11.3 Å². The highest BCUT2D eigenvalue weighted by molar-refractivity contribution is 7.89. The molecule has 0 aliphatic carbocycles. The van der Waals surface area contributed by atoms with Crippen molar-refractivity contribution in [1.82, 2.24) is 4.72 Å². The summed E-state index contributed by atoms with van der Waals surface area (Å²) in [6, 6.07) is 9.02. The third-order valence-corrected chi connectivity index (χ3v) is 5.45. The van der Waals surface area contributed by atoms with E-state index < -0.39 is 20.9 Å². The molecular weight excluding hydrogens is 410 g/mol. The lowest BCUT2D eigenvalue weighted by Crippen LogP contribution is -2.25. The summed E-state index contributed by atoms with van der Waals surface area (Å²) in [6.45, 7) is 0.674. The van der Waals surface area contributed by atoms with Crippen LogP contribution in [0.2, 0.25) is 5.02 Å². The number of rotatable bonds is 9. The number of ether oxygens (including phenoxy) is 1. The molecule has 0 aliphatic heterocycles. The molecule has 2 aromatic rings. The lowest BCUT2D eigenvalue weighted by Gasteiger charge is -2.09. The zero-order valence-corrected chi connectivity index (χ0v) is 16.4. The van der Waals surface area contributed by atoms with E-state index in [1.165, 1.54) is 43.5 Å². The highest BCUT2D eigenvalue weighted by Crippen LogP contribution is 2.23. The van der Waals surface area contributed by atoms with Gasteiger partial charge in [0, 0.05) is 38.1 Å². The number of hydrogen-bond acceptors (Lipinski definition) is 6. The minimum Gasteiger partial charge on any atom is -0.385 e. The van der Waals surface area contributed by atoms with Crippen molar-refractivity contribution in [3.05, 3.63) is 63.2 Å². The molecule has 2 rings (SSSR count). The zero-order valence-electron chi connectivity index (χ0n) is 14.8. The minimum atomic E-state index is -3.67. The van der Waals surface area contributed by atoms with E-state index in [1.54, 1.807) is 0 Å². The van der Waals surface area contributed by atoms with E-state index in [2.05, 4.69) is 10.0 Å². The Hall–Kier alpha value is -2.53. The minimum absolute atomic E-state index is 0.0382. The lowest BCUT2D eigenvalue weighted by molar-refractivity contribution is -0.384. The van der Waals surface area contributed by atoms with Gasteiger partial charge in [0.15, 0.2) is 0 Å². The Morgan fingerprint density at radius 3 is 2.50 bits per heavy atom. The summed E-state index contributed by atoms with van der Waals surface area (Å²) in [5, 5.41) is 13.4. The van der Waals surface area contributed by atoms with Gasteiger partial charge in [0.1, 0.15) is 0 Å². The molecule has 11 heteroatoms. The largest absolute Gasteiger partial charge is 0.385 e. The van der Waals surface area contributed by atoms with Crippen LogP contribution in [0, 0.1) is 10.1 Å². The number of hydrogen-bond donors (Lipinski definition) is 2. The van der Waals surface area contributed by atoms with Gasteiger partial charge in [-0.2, -0.15) is 0 Å². The van der Waals surface area contributed by atoms with Crippen molar-refractivity contribution in [1.29, 1.82) is 0 Å². The number of halogens is 1. The molecule has 0 atom stereocenters. The van der Waals surface area contributed by atoms with Gasteiger partial charge < -0.3 is 10.1 Å². The molecule has 9 nitrogen and oxygen atoms in total. The zero-order chi connectivity index (χ0) is 20.7. The van der Waals surface area contributed by atoms with Crippen molar-refractivity contribution in [2.24, 2.45) is 0 Å². The van der Waals surface area contributed by atoms with Crippen LogP contribution in [0.3, 0.4) is 0 Å². The van der Waals surface area contributed by atoms with Crippen LogP contribution >= 0.6 is 11.6 Å². The molecular formula is C17H18ClN3O6S. The third kappa shape index (κ3) is 5.73. The van der Waals surface area contributed by atoms with Crippen molar-refractivity contribution in [3.8, 4) is 0 Å². The molecule has 0 unspecified atom stereocenters. The van der Waals surface area contributed by atoms with Gasteiger partial charge in [-0.3, -0.25) is 14.9 Å². The smallest absolute Gasteiger partial charge is 0.270 e. The lowest BCUT2D eigenvalue weighted by atomic mass is 10.2. The predicted octanol–water partition coefficient (Wildman–Crippen LogP) is 2.82. The average Bonchev–Trinajstić information content (AvgIpc) is 2.66. The fourth-order valence-corrected chi connectivity index (χ4v) is 3.50. The van der Waals surface area contributed by atoms with E-state index in [0.29, 0.717) is 18.7 Å². The van der Waals surface area contributed by atoms with Crippen LogP contribution in [-0.4, -0.2) is 39.5 Å². The normalized spacial score (nSPS) is 11.2. The SMILES string of the molecule is COCCCNS(=O)(=O)c1ccc(NC(=O)c2cc([N+](=O)[O-])ccc2Cl)cc1. The standard InChI is InChI=1S/C17H18ClN3O6S/c1-27-10-2-9-19-28(25,26)14-6-3-12(4-7-14)20-17(22)15-11-13(21(23)24)5-8-16(15)18/h3-8,11,19H,2,9-10H2,1H3,(H,20,22). The Bertz CT molecular complexity index is 963. The Kier molecular flexibility index (Phi) is 7.46. The number of nitrogens with one attached hydrogen (secondary N) is 2. The monoisotopic (exact) mass is 427 g/mol. The van der Waals surface area contributed by atoms with Crippen LogP contribution in [0.5, 0.6) is 0 Å². The van der Waals surface area contributed by atoms with Crippen molar-refractivity contribution in [2.75, 3.05) is 25.6 Å². The van der Waals surface area contributed by atoms with Gasteiger partial charge in [-0.25, -0.2) is 13.1 Å². The number of carbonyl (C=O) groups is 1. The number of nitro benzene ring substituents is 1. The molecule has 0 radical (unpaired) electrons. The molecule has 0 saturated heterocycles. The molecule has 0 spiro atoms. The summed E-state index contributed by atoms with van der Waals surface area (Å²) in [7, 11) is -2.14. The Balaban J connectivity index is 2.09. The van der Waals surface area contributed by atoms with Crippen LogP contribution in [0.15, 0.2) is 47.4 Å². The molecule has 28 heavy (non-hydrogen) atoms. The summed E-state index contributed by atoms with van der Waals surface area (Å²) in [4.78, 5) is 22.6. The van der Waals surface area contributed by atoms with E-state index >= 15 is 0 Å². The molecule has 0 fully saturated rings. The second-order valence-electron chi connectivity index (χ2n) is 5.64. The molecule has 0 aromatic heterocycles. The number of nitrogens with zero attached hydrogens (tertiary/aromatic N) is 1. The molecule has 0 heterocycles. The van der Waals surface area contributed by atoms with E-state index in [4.69, 9.17) is 16.3 Å². The Labute approximate surface area is 166 Å². The van der Waals surface area contributed by atoms with Gasteiger partial charge in [-0.1, -0.05) is 11.6 Å². The van der Waals surface area contributed by atoms with Crippen LogP contribution in [0.25, 0.3) is 0 Å². The average molecular weight is 428 g/mol. The number of non-ortho nitro benzene ring substituents is 1. The summed E-state index contributed by atoms with van der Waals surface area (Å²) in [5.74, 6) is -0.651. The van der Waals surface area contributed by atoms with E-state index in [1.807, 2.05) is 0 Å². The van der Waals surface area contributed by atoms with Crippen molar-refractivity contribution >= 4 is 38.9 Å². The van der Waals surface area contributed by atoms with E-state index in [0.717, 1.165) is 6.07 Å². The topological polar surface area (TPSA) is 128 Å². The summed E-state index contributed by atoms with van der Waals surface area (Å²) in [6.07, 6.45) is 0.536. The number of carbonyl (C=O) groups excluding carboxylic acids is 1. The maximum absolute atomic E-state index is 12.3. The van der Waals surface area contributed by atoms with Gasteiger partial charge in [-0.05, 0) is 36.8 Å². The predicted molar refractivity (Wildman–Crippen MR) is 104 cm³/mol. The second-order valence-corrected chi connectivity index (χ2v) is 7.82. The number of methoxy groups -OCH3 is 1. The number of benzene rings is 2. The first kappa shape index (κ1) is 21.8. The summed E-state index contributed by atoms with van der Waals surface area (Å²) >= 11 is 5.94. The van der Waals surface area contributed by atoms with Crippen LogP contribution in [0.1, 0.15) is 16.8 Å². The quantitative estimate of drug-likeness (QED) is 0.360. The van der Waals surface area contributed by atoms with Gasteiger partial charge >= 0.3 is 0 Å². The molecule has 0 saturated carbocycles. The van der Waals surface area contributed by atoms with Crippen LogP contribution < -0.4 is 10.0 Å². The first-order valence-corrected chi connectivity index (χ1v) is 9.94. The van der Waals surface area contributed by atoms with Crippen LogP contribution in [0.4, 0.5) is 11.4 Å². The fourth-order valence-electron chi connectivity index (χ4n) is 2.22. The molecule has 0 aliphatic rings. The maximum atomic E-state index is 12.3. The first-order chi connectivity index (χ1) is 13.2. The van der Waals surface area contributed by atoms with Crippen molar-refractivity contribution < 1.29 is 22.9 Å². The number of sulfonamides is 1. The first-order valence-electron chi connectivity index (χ1n) is 8.08. The summed E-state index contributed by atoms with van der Waals surface area (Å²) in [5.41, 5.74) is -0.0196.